The van der Waals surface area contributed by atoms with Crippen LogP contribution in [-0.2, 0) is 26.5 Å². The predicted octanol–water partition coefficient (Wildman–Crippen LogP) is 9.50. The van der Waals surface area contributed by atoms with Crippen molar-refractivity contribution in [3.8, 4) is 22.5 Å². The number of hydrogen-bond donors (Lipinski definition) is 0. The molecular weight excluding hydrogens is 703 g/mol. The van der Waals surface area contributed by atoms with Crippen molar-refractivity contribution < 1.29 is 27.3 Å². The standard InChI is InChI=1S/C24H21N2OS.C11H8N.Ir/c1-14-8-9-17-16-6-5-7-18(22(16)27-23(17)26-14)20-10-21-19(12-25-20)15(13-28-21)11-24(2,3)4;1-2-6-10(7-3-1)11-8-4-5-9-12-11;/h5-6,8-10,12-13H,11H2,1-4H3;1-6,8-9H;/q2*-1;/i11D2;;. The first-order valence-electron chi connectivity index (χ1n) is 14.1. The number of nitrogens with zero attached hydrogens (tertiary/aromatic N) is 3. The summed E-state index contributed by atoms with van der Waals surface area (Å²) in [5.74, 6) is 0. The molecule has 4 nitrogen and oxygen atoms in total. The number of fused-ring (bicyclic) bond motifs is 4. The minimum atomic E-state index is -1.46. The van der Waals surface area contributed by atoms with Crippen LogP contribution in [0.15, 0.2) is 95.0 Å². The van der Waals surface area contributed by atoms with Crippen LogP contribution in [0.1, 0.15) is 34.8 Å². The van der Waals surface area contributed by atoms with Crippen molar-refractivity contribution in [1.29, 1.82) is 0 Å². The van der Waals surface area contributed by atoms with Gasteiger partial charge in [0, 0.05) is 56.4 Å². The van der Waals surface area contributed by atoms with Gasteiger partial charge in [-0.15, -0.1) is 65.4 Å². The van der Waals surface area contributed by atoms with E-state index in [0.29, 0.717) is 11.3 Å². The maximum Gasteiger partial charge on any atom is 0.216 e. The Morgan fingerprint density at radius 3 is 2.51 bits per heavy atom. The molecule has 0 aliphatic carbocycles. The molecule has 0 unspecified atom stereocenters. The van der Waals surface area contributed by atoms with E-state index in [2.05, 4.69) is 27.1 Å². The van der Waals surface area contributed by atoms with E-state index in [-0.39, 0.29) is 20.1 Å². The molecule has 1 radical (unpaired) electrons. The summed E-state index contributed by atoms with van der Waals surface area (Å²) < 4.78 is 24.4. The second-order valence-electron chi connectivity index (χ2n) is 10.6. The Morgan fingerprint density at radius 2 is 1.76 bits per heavy atom. The molecule has 0 aliphatic heterocycles. The van der Waals surface area contributed by atoms with E-state index in [4.69, 9.17) is 7.16 Å². The second kappa shape index (κ2) is 12.0. The first-order valence-corrected chi connectivity index (χ1v) is 14.0. The van der Waals surface area contributed by atoms with Crippen LogP contribution < -0.4 is 0 Å². The molecule has 6 heteroatoms. The minimum absolute atomic E-state index is 0. The third-order valence-electron chi connectivity index (χ3n) is 6.31. The van der Waals surface area contributed by atoms with Crippen LogP contribution >= 0.6 is 11.3 Å². The van der Waals surface area contributed by atoms with Gasteiger partial charge in [-0.25, -0.2) is 4.98 Å². The fourth-order valence-corrected chi connectivity index (χ4v) is 5.44. The van der Waals surface area contributed by atoms with E-state index in [1.807, 2.05) is 106 Å². The Morgan fingerprint density at radius 1 is 0.902 bits per heavy atom. The van der Waals surface area contributed by atoms with Crippen molar-refractivity contribution in [3.63, 3.8) is 0 Å². The first-order chi connectivity index (χ1) is 20.1. The number of aromatic nitrogens is 3. The third kappa shape index (κ3) is 6.30. The monoisotopic (exact) mass is 734 g/mol. The number of furan rings is 1. The fourth-order valence-electron chi connectivity index (χ4n) is 4.54. The molecule has 0 saturated carbocycles. The van der Waals surface area contributed by atoms with Crippen LogP contribution in [0, 0.1) is 24.5 Å². The maximum absolute atomic E-state index is 8.64. The maximum atomic E-state index is 8.64. The molecule has 7 aromatic rings. The zero-order valence-electron chi connectivity index (χ0n) is 25.2. The molecule has 5 aromatic heterocycles. The average Bonchev–Trinajstić information content (AvgIpc) is 3.59. The van der Waals surface area contributed by atoms with Crippen molar-refractivity contribution in [2.75, 3.05) is 0 Å². The summed E-state index contributed by atoms with van der Waals surface area (Å²) in [5, 5.41) is 4.74. The molecule has 0 fully saturated rings. The van der Waals surface area contributed by atoms with Crippen LogP contribution in [0.25, 0.3) is 54.7 Å². The van der Waals surface area contributed by atoms with Crippen molar-refractivity contribution in [3.05, 3.63) is 114 Å². The summed E-state index contributed by atoms with van der Waals surface area (Å²) >= 11 is 1.54. The van der Waals surface area contributed by atoms with Crippen LogP contribution in [-0.4, -0.2) is 15.0 Å². The minimum Gasteiger partial charge on any atom is -0.486 e. The molecule has 2 aromatic carbocycles. The summed E-state index contributed by atoms with van der Waals surface area (Å²) in [6, 6.07) is 30.0. The topological polar surface area (TPSA) is 51.8 Å². The zero-order chi connectivity index (χ0) is 29.5. The molecule has 0 amide bonds. The molecule has 0 bridgehead atoms. The number of pyridine rings is 3. The van der Waals surface area contributed by atoms with Gasteiger partial charge in [0.2, 0.25) is 5.71 Å². The molecule has 207 valence electrons. The normalized spacial score (nSPS) is 12.4. The molecule has 5 heterocycles. The third-order valence-corrected chi connectivity index (χ3v) is 7.26. The molecule has 7 rings (SSSR count). The summed E-state index contributed by atoms with van der Waals surface area (Å²) in [7, 11) is 0. The van der Waals surface area contributed by atoms with Gasteiger partial charge in [-0.3, -0.25) is 0 Å². The summed E-state index contributed by atoms with van der Waals surface area (Å²) in [4.78, 5) is 13.4. The largest absolute Gasteiger partial charge is 0.486 e. The Bertz CT molecular complexity index is 1980. The number of benzene rings is 2. The Hall–Kier alpha value is -3.70. The van der Waals surface area contributed by atoms with Gasteiger partial charge in [0.05, 0.1) is 5.58 Å². The molecule has 0 spiro atoms. The summed E-state index contributed by atoms with van der Waals surface area (Å²) in [5.41, 5.74) is 5.98. The van der Waals surface area contributed by atoms with E-state index in [1.165, 1.54) is 0 Å². The molecule has 0 aliphatic rings. The van der Waals surface area contributed by atoms with Gasteiger partial charge in [-0.2, -0.15) is 0 Å². The van der Waals surface area contributed by atoms with Gasteiger partial charge in [-0.05, 0) is 59.2 Å². The number of thiophene rings is 1. The molecular formula is C35H29IrN3OS-2. The summed E-state index contributed by atoms with van der Waals surface area (Å²) in [6.07, 6.45) is 2.11. The van der Waals surface area contributed by atoms with Gasteiger partial charge in [0.1, 0.15) is 0 Å². The Balaban J connectivity index is 0.000000238. The van der Waals surface area contributed by atoms with Crippen molar-refractivity contribution in [1.82, 2.24) is 15.0 Å². The van der Waals surface area contributed by atoms with Crippen LogP contribution in [0.4, 0.5) is 0 Å². The number of aryl methyl sites for hydroxylation is 1. The SMILES string of the molecule is [2H]C([2H])(c1csc2cc(-c3[c-]ccc4c3oc3nc(C)ccc34)ncc12)C(C)(C)C.[Ir].[c-]1ccccc1-c1ccccn1. The fraction of sp³-hybridized carbons (Fsp3) is 0.171. The number of rotatable bonds is 3. The first kappa shape index (κ1) is 26.2. The van der Waals surface area contributed by atoms with E-state index >= 15 is 0 Å². The van der Waals surface area contributed by atoms with Gasteiger partial charge in [0.25, 0.3) is 0 Å². The molecule has 41 heavy (non-hydrogen) atoms. The average molecular weight is 734 g/mol. The predicted molar refractivity (Wildman–Crippen MR) is 165 cm³/mol. The molecule has 0 saturated heterocycles. The van der Waals surface area contributed by atoms with E-state index in [9.17, 15) is 0 Å². The van der Waals surface area contributed by atoms with Crippen molar-refractivity contribution >= 4 is 43.5 Å². The van der Waals surface area contributed by atoms with E-state index in [0.717, 1.165) is 54.7 Å². The Kier molecular flexibility index (Phi) is 7.70. The second-order valence-corrected chi connectivity index (χ2v) is 11.5. The smallest absolute Gasteiger partial charge is 0.216 e. The summed E-state index contributed by atoms with van der Waals surface area (Å²) in [6.45, 7) is 7.71. The van der Waals surface area contributed by atoms with Gasteiger partial charge in [-0.1, -0.05) is 49.9 Å². The Labute approximate surface area is 260 Å². The molecule has 0 N–H and O–H groups in total. The van der Waals surface area contributed by atoms with Crippen LogP contribution in [0.3, 0.4) is 0 Å². The van der Waals surface area contributed by atoms with E-state index in [1.54, 1.807) is 23.7 Å². The van der Waals surface area contributed by atoms with Crippen molar-refractivity contribution in [2.45, 2.75) is 34.1 Å². The van der Waals surface area contributed by atoms with Crippen molar-refractivity contribution in [2.24, 2.45) is 5.41 Å². The zero-order valence-corrected chi connectivity index (χ0v) is 26.4. The van der Waals surface area contributed by atoms with Gasteiger partial charge >= 0.3 is 0 Å². The number of hydrogen-bond acceptors (Lipinski definition) is 5. The van der Waals surface area contributed by atoms with Crippen LogP contribution in [0.2, 0.25) is 0 Å². The molecule has 0 atom stereocenters. The van der Waals surface area contributed by atoms with Gasteiger partial charge < -0.3 is 14.4 Å². The van der Waals surface area contributed by atoms with Gasteiger partial charge in [0.15, 0.2) is 0 Å². The quantitative estimate of drug-likeness (QED) is 0.170. The van der Waals surface area contributed by atoms with E-state index < -0.39 is 11.8 Å². The van der Waals surface area contributed by atoms with Crippen LogP contribution in [0.5, 0.6) is 0 Å².